The summed E-state index contributed by atoms with van der Waals surface area (Å²) in [5, 5.41) is 11.9. The first-order valence-corrected chi connectivity index (χ1v) is 6.86. The fourth-order valence-corrected chi connectivity index (χ4v) is 3.39. The monoisotopic (exact) mass is 263 g/mol. The van der Waals surface area contributed by atoms with E-state index >= 15 is 0 Å². The first-order valence-electron chi connectivity index (χ1n) is 6.04. The van der Waals surface area contributed by atoms with Gasteiger partial charge in [0.15, 0.2) is 5.13 Å². The molecule has 0 amide bonds. The van der Waals surface area contributed by atoms with Gasteiger partial charge < -0.3 is 4.90 Å². The number of piperidine rings is 1. The van der Waals surface area contributed by atoms with Gasteiger partial charge in [0, 0.05) is 19.2 Å². The third kappa shape index (κ3) is 1.92. The zero-order valence-electron chi connectivity index (χ0n) is 9.83. The smallest absolute Gasteiger partial charge is 0.288 e. The molecule has 6 heteroatoms. The number of fused-ring (bicyclic) bond motifs is 1. The maximum atomic E-state index is 11.0. The predicted molar refractivity (Wildman–Crippen MR) is 72.3 cm³/mol. The molecule has 1 fully saturated rings. The van der Waals surface area contributed by atoms with Crippen molar-refractivity contribution in [3.05, 3.63) is 28.3 Å². The molecule has 0 unspecified atom stereocenters. The molecule has 0 radical (unpaired) electrons. The van der Waals surface area contributed by atoms with Crippen LogP contribution in [0.1, 0.15) is 19.3 Å². The van der Waals surface area contributed by atoms with Gasteiger partial charge in [0.05, 0.1) is 10.4 Å². The van der Waals surface area contributed by atoms with E-state index < -0.39 is 0 Å². The molecule has 1 saturated heterocycles. The molecule has 2 aromatic rings. The summed E-state index contributed by atoms with van der Waals surface area (Å²) in [6.07, 6.45) is 3.62. The summed E-state index contributed by atoms with van der Waals surface area (Å²) in [6.45, 7) is 2.02. The molecule has 1 aliphatic heterocycles. The van der Waals surface area contributed by atoms with Crippen LogP contribution in [-0.4, -0.2) is 23.0 Å². The number of aromatic nitrogens is 1. The number of hydrogen-bond acceptors (Lipinski definition) is 5. The normalized spacial score (nSPS) is 16.1. The molecule has 0 spiro atoms. The van der Waals surface area contributed by atoms with Gasteiger partial charge in [-0.05, 0) is 25.3 Å². The molecule has 94 valence electrons. The zero-order valence-corrected chi connectivity index (χ0v) is 10.7. The number of hydrogen-bond donors (Lipinski definition) is 0. The van der Waals surface area contributed by atoms with Gasteiger partial charge in [-0.1, -0.05) is 17.4 Å². The van der Waals surface area contributed by atoms with E-state index in [2.05, 4.69) is 9.88 Å². The lowest BCUT2D eigenvalue weighted by atomic mass is 10.1. The fourth-order valence-electron chi connectivity index (χ4n) is 2.29. The summed E-state index contributed by atoms with van der Waals surface area (Å²) in [5.74, 6) is 0. The van der Waals surface area contributed by atoms with Gasteiger partial charge in [-0.3, -0.25) is 10.1 Å². The van der Waals surface area contributed by atoms with Gasteiger partial charge >= 0.3 is 0 Å². The number of nitro groups is 1. The van der Waals surface area contributed by atoms with E-state index in [9.17, 15) is 10.1 Å². The van der Waals surface area contributed by atoms with E-state index in [-0.39, 0.29) is 10.6 Å². The number of rotatable bonds is 2. The van der Waals surface area contributed by atoms with Crippen molar-refractivity contribution >= 4 is 32.4 Å². The van der Waals surface area contributed by atoms with E-state index in [0.29, 0.717) is 4.70 Å². The van der Waals surface area contributed by atoms with E-state index in [1.807, 2.05) is 6.07 Å². The topological polar surface area (TPSA) is 59.3 Å². The van der Waals surface area contributed by atoms with E-state index in [1.54, 1.807) is 12.1 Å². The molecule has 5 nitrogen and oxygen atoms in total. The summed E-state index contributed by atoms with van der Waals surface area (Å²) in [6, 6.07) is 5.08. The molecule has 0 aliphatic carbocycles. The molecular weight excluding hydrogens is 250 g/mol. The largest absolute Gasteiger partial charge is 0.348 e. The lowest BCUT2D eigenvalue weighted by Crippen LogP contribution is -2.29. The van der Waals surface area contributed by atoms with E-state index in [1.165, 1.54) is 30.6 Å². The van der Waals surface area contributed by atoms with Crippen LogP contribution in [0.4, 0.5) is 10.8 Å². The Kier molecular flexibility index (Phi) is 2.87. The van der Waals surface area contributed by atoms with E-state index in [4.69, 9.17) is 0 Å². The van der Waals surface area contributed by atoms with Crippen molar-refractivity contribution in [3.8, 4) is 0 Å². The van der Waals surface area contributed by atoms with Crippen LogP contribution in [0.25, 0.3) is 10.2 Å². The van der Waals surface area contributed by atoms with Crippen molar-refractivity contribution < 1.29 is 4.92 Å². The summed E-state index contributed by atoms with van der Waals surface area (Å²) in [5.41, 5.74) is 0.892. The van der Waals surface area contributed by atoms with Crippen LogP contribution in [-0.2, 0) is 0 Å². The fraction of sp³-hybridized carbons (Fsp3) is 0.417. The van der Waals surface area contributed by atoms with Crippen molar-refractivity contribution in [1.82, 2.24) is 4.98 Å². The van der Waals surface area contributed by atoms with Crippen LogP contribution in [0.2, 0.25) is 0 Å². The molecule has 0 atom stereocenters. The first kappa shape index (κ1) is 11.4. The summed E-state index contributed by atoms with van der Waals surface area (Å²) in [4.78, 5) is 17.4. The highest BCUT2D eigenvalue weighted by Gasteiger charge is 2.19. The molecule has 0 bridgehead atoms. The maximum Gasteiger partial charge on any atom is 0.288 e. The SMILES string of the molecule is O=[N+]([O-])c1cccc2nc(N3CCCCC3)sc12. The molecule has 1 aromatic carbocycles. The number of non-ortho nitro benzene ring substituents is 1. The van der Waals surface area contributed by atoms with Crippen molar-refractivity contribution in [3.63, 3.8) is 0 Å². The minimum Gasteiger partial charge on any atom is -0.348 e. The molecule has 3 rings (SSSR count). The highest BCUT2D eigenvalue weighted by atomic mass is 32.1. The van der Waals surface area contributed by atoms with Crippen LogP contribution in [0, 0.1) is 10.1 Å². The first-order chi connectivity index (χ1) is 8.75. The average Bonchev–Trinajstić information content (AvgIpc) is 2.83. The zero-order chi connectivity index (χ0) is 12.5. The number of nitro benzene ring substituents is 1. The van der Waals surface area contributed by atoms with E-state index in [0.717, 1.165) is 23.7 Å². The quantitative estimate of drug-likeness (QED) is 0.616. The number of nitrogens with zero attached hydrogens (tertiary/aromatic N) is 3. The van der Waals surface area contributed by atoms with Gasteiger partial charge in [-0.15, -0.1) is 0 Å². The van der Waals surface area contributed by atoms with Crippen molar-refractivity contribution in [2.75, 3.05) is 18.0 Å². The minimum atomic E-state index is -0.333. The van der Waals surface area contributed by atoms with Crippen LogP contribution in [0.5, 0.6) is 0 Å². The lowest BCUT2D eigenvalue weighted by molar-refractivity contribution is -0.382. The Bertz CT molecular complexity index is 590. The number of benzene rings is 1. The Morgan fingerprint density at radius 2 is 2.06 bits per heavy atom. The Morgan fingerprint density at radius 3 is 2.78 bits per heavy atom. The van der Waals surface area contributed by atoms with Crippen LogP contribution < -0.4 is 4.90 Å². The third-order valence-electron chi connectivity index (χ3n) is 3.21. The Hall–Kier alpha value is -1.69. The Morgan fingerprint density at radius 1 is 1.28 bits per heavy atom. The standard InChI is InChI=1S/C12H13N3O2S/c16-15(17)10-6-4-5-9-11(10)18-12(13-9)14-7-2-1-3-8-14/h4-6H,1-3,7-8H2. The molecular formula is C12H13N3O2S. The molecule has 18 heavy (non-hydrogen) atoms. The van der Waals surface area contributed by atoms with Crippen LogP contribution >= 0.6 is 11.3 Å². The Labute approximate surface area is 108 Å². The van der Waals surface area contributed by atoms with Crippen LogP contribution in [0.3, 0.4) is 0 Å². The van der Waals surface area contributed by atoms with Gasteiger partial charge in [0.1, 0.15) is 4.70 Å². The van der Waals surface area contributed by atoms with Gasteiger partial charge in [-0.25, -0.2) is 4.98 Å². The average molecular weight is 263 g/mol. The summed E-state index contributed by atoms with van der Waals surface area (Å²) in [7, 11) is 0. The molecule has 1 aliphatic rings. The number of thiazole rings is 1. The second-order valence-corrected chi connectivity index (χ2v) is 5.40. The lowest BCUT2D eigenvalue weighted by Gasteiger charge is -2.25. The van der Waals surface area contributed by atoms with Gasteiger partial charge in [0.2, 0.25) is 0 Å². The second kappa shape index (κ2) is 4.53. The summed E-state index contributed by atoms with van der Waals surface area (Å²) >= 11 is 1.43. The van der Waals surface area contributed by atoms with Crippen molar-refractivity contribution in [2.24, 2.45) is 0 Å². The highest BCUT2D eigenvalue weighted by Crippen LogP contribution is 2.35. The predicted octanol–water partition coefficient (Wildman–Crippen LogP) is 3.19. The third-order valence-corrected chi connectivity index (χ3v) is 4.36. The van der Waals surface area contributed by atoms with Crippen molar-refractivity contribution in [2.45, 2.75) is 19.3 Å². The molecule has 1 aromatic heterocycles. The highest BCUT2D eigenvalue weighted by molar-refractivity contribution is 7.22. The Balaban J connectivity index is 2.04. The van der Waals surface area contributed by atoms with Crippen LogP contribution in [0.15, 0.2) is 18.2 Å². The van der Waals surface area contributed by atoms with Gasteiger partial charge in [-0.2, -0.15) is 0 Å². The van der Waals surface area contributed by atoms with Crippen molar-refractivity contribution in [1.29, 1.82) is 0 Å². The molecule has 0 saturated carbocycles. The maximum absolute atomic E-state index is 11.0. The minimum absolute atomic E-state index is 0.160. The van der Waals surface area contributed by atoms with Gasteiger partial charge in [0.25, 0.3) is 5.69 Å². The molecule has 2 heterocycles. The summed E-state index contributed by atoms with van der Waals surface area (Å²) < 4.78 is 0.683. The molecule has 0 N–H and O–H groups in total. The number of anilines is 1. The second-order valence-electron chi connectivity index (χ2n) is 4.43.